The molecule has 0 unspecified atom stereocenters. The molecule has 2 aromatic heterocycles. The molecule has 3 heteroatoms. The lowest BCUT2D eigenvalue weighted by Gasteiger charge is -2.02. The average Bonchev–Trinajstić information content (AvgIpc) is 2.84. The predicted molar refractivity (Wildman–Crippen MR) is 90.9 cm³/mol. The monoisotopic (exact) mass is 370 g/mol. The second-order valence-electron chi connectivity index (χ2n) is 4.75. The topological polar surface area (TPSA) is 17.3 Å². The van der Waals surface area contributed by atoms with Gasteiger partial charge in [-0.15, -0.1) is 0 Å². The summed E-state index contributed by atoms with van der Waals surface area (Å²) in [6.07, 6.45) is 2.10. The molecule has 0 saturated heterocycles. The quantitative estimate of drug-likeness (QED) is 0.442. The standard InChI is InChI=1S/C17H11IN2/c18-14-6-7-16-15(11-14)19-17-10-13(8-9-20(16)17)12-4-2-1-3-5-12/h1-11H. The van der Waals surface area contributed by atoms with Crippen molar-refractivity contribution in [3.8, 4) is 11.1 Å². The number of nitrogens with zero attached hydrogens (tertiary/aromatic N) is 2. The summed E-state index contributed by atoms with van der Waals surface area (Å²) >= 11 is 2.32. The van der Waals surface area contributed by atoms with Crippen molar-refractivity contribution in [2.45, 2.75) is 0 Å². The van der Waals surface area contributed by atoms with E-state index in [1.54, 1.807) is 0 Å². The van der Waals surface area contributed by atoms with E-state index >= 15 is 0 Å². The van der Waals surface area contributed by atoms with E-state index < -0.39 is 0 Å². The van der Waals surface area contributed by atoms with Gasteiger partial charge in [-0.25, -0.2) is 4.98 Å². The summed E-state index contributed by atoms with van der Waals surface area (Å²) in [6.45, 7) is 0. The largest absolute Gasteiger partial charge is 0.300 e. The van der Waals surface area contributed by atoms with Crippen LogP contribution in [0.5, 0.6) is 0 Å². The van der Waals surface area contributed by atoms with Crippen molar-refractivity contribution in [3.63, 3.8) is 0 Å². The molecular formula is C17H11IN2. The Labute approximate surface area is 130 Å². The van der Waals surface area contributed by atoms with Gasteiger partial charge in [0.15, 0.2) is 0 Å². The number of benzene rings is 2. The lowest BCUT2D eigenvalue weighted by atomic mass is 10.1. The van der Waals surface area contributed by atoms with Crippen molar-refractivity contribution < 1.29 is 0 Å². The molecular weight excluding hydrogens is 359 g/mol. The van der Waals surface area contributed by atoms with Gasteiger partial charge in [-0.1, -0.05) is 30.3 Å². The second-order valence-corrected chi connectivity index (χ2v) is 6.00. The Hall–Kier alpha value is -1.88. The fourth-order valence-corrected chi connectivity index (χ4v) is 2.98. The van der Waals surface area contributed by atoms with Crippen LogP contribution in [0.25, 0.3) is 27.8 Å². The Morgan fingerprint density at radius 2 is 1.70 bits per heavy atom. The van der Waals surface area contributed by atoms with E-state index in [4.69, 9.17) is 4.98 Å². The van der Waals surface area contributed by atoms with Crippen molar-refractivity contribution in [2.24, 2.45) is 0 Å². The van der Waals surface area contributed by atoms with Crippen molar-refractivity contribution >= 4 is 39.3 Å². The maximum Gasteiger partial charge on any atom is 0.138 e. The van der Waals surface area contributed by atoms with Gasteiger partial charge in [0.2, 0.25) is 0 Å². The van der Waals surface area contributed by atoms with E-state index in [0.29, 0.717) is 0 Å². The molecule has 0 N–H and O–H groups in total. The highest BCUT2D eigenvalue weighted by Gasteiger charge is 2.06. The van der Waals surface area contributed by atoms with E-state index in [1.807, 2.05) is 6.07 Å². The van der Waals surface area contributed by atoms with Crippen LogP contribution in [-0.2, 0) is 0 Å². The fourth-order valence-electron chi connectivity index (χ4n) is 2.50. The molecule has 0 fully saturated rings. The molecule has 0 aliphatic carbocycles. The minimum absolute atomic E-state index is 0.989. The zero-order chi connectivity index (χ0) is 13.5. The van der Waals surface area contributed by atoms with Crippen LogP contribution >= 0.6 is 22.6 Å². The minimum Gasteiger partial charge on any atom is -0.300 e. The lowest BCUT2D eigenvalue weighted by molar-refractivity contribution is 1.23. The number of hydrogen-bond donors (Lipinski definition) is 0. The van der Waals surface area contributed by atoms with Crippen molar-refractivity contribution in [1.29, 1.82) is 0 Å². The van der Waals surface area contributed by atoms with Crippen LogP contribution in [0.2, 0.25) is 0 Å². The van der Waals surface area contributed by atoms with Gasteiger partial charge in [-0.2, -0.15) is 0 Å². The maximum absolute atomic E-state index is 4.72. The first-order chi connectivity index (χ1) is 9.81. The predicted octanol–water partition coefficient (Wildman–Crippen LogP) is 4.76. The zero-order valence-electron chi connectivity index (χ0n) is 10.6. The summed E-state index contributed by atoms with van der Waals surface area (Å²) in [5.41, 5.74) is 5.60. The molecule has 0 amide bonds. The minimum atomic E-state index is 0.989. The maximum atomic E-state index is 4.72. The highest BCUT2D eigenvalue weighted by molar-refractivity contribution is 14.1. The van der Waals surface area contributed by atoms with Crippen molar-refractivity contribution in [1.82, 2.24) is 9.38 Å². The molecule has 2 aromatic carbocycles. The van der Waals surface area contributed by atoms with E-state index in [0.717, 1.165) is 16.7 Å². The summed E-state index contributed by atoms with van der Waals surface area (Å²) in [7, 11) is 0. The highest BCUT2D eigenvalue weighted by atomic mass is 127. The molecule has 0 atom stereocenters. The van der Waals surface area contributed by atoms with Gasteiger partial charge in [0.1, 0.15) is 5.65 Å². The first-order valence-corrected chi connectivity index (χ1v) is 7.52. The number of hydrogen-bond acceptors (Lipinski definition) is 1. The van der Waals surface area contributed by atoms with E-state index in [9.17, 15) is 0 Å². The third kappa shape index (κ3) is 1.89. The van der Waals surface area contributed by atoms with Gasteiger partial charge in [0.25, 0.3) is 0 Å². The molecule has 4 aromatic rings. The Morgan fingerprint density at radius 3 is 2.55 bits per heavy atom. The van der Waals surface area contributed by atoms with Crippen LogP contribution in [0.1, 0.15) is 0 Å². The molecule has 0 spiro atoms. The van der Waals surface area contributed by atoms with E-state index in [1.165, 1.54) is 14.7 Å². The van der Waals surface area contributed by atoms with Crippen molar-refractivity contribution in [2.75, 3.05) is 0 Å². The van der Waals surface area contributed by atoms with Gasteiger partial charge >= 0.3 is 0 Å². The van der Waals surface area contributed by atoms with Crippen LogP contribution in [0.15, 0.2) is 66.9 Å². The third-order valence-corrected chi connectivity index (χ3v) is 4.14. The summed E-state index contributed by atoms with van der Waals surface area (Å²) in [6, 6.07) is 21.0. The summed E-state index contributed by atoms with van der Waals surface area (Å²) in [5.74, 6) is 0. The molecule has 0 aliphatic heterocycles. The van der Waals surface area contributed by atoms with Gasteiger partial charge in [0.05, 0.1) is 11.0 Å². The summed E-state index contributed by atoms with van der Waals surface area (Å²) < 4.78 is 3.35. The molecule has 0 radical (unpaired) electrons. The molecule has 4 rings (SSSR count). The summed E-state index contributed by atoms with van der Waals surface area (Å²) in [4.78, 5) is 4.72. The van der Waals surface area contributed by atoms with Gasteiger partial charge in [-0.05, 0) is 64.0 Å². The number of aromatic nitrogens is 2. The van der Waals surface area contributed by atoms with Crippen LogP contribution in [0.3, 0.4) is 0 Å². The average molecular weight is 370 g/mol. The lowest BCUT2D eigenvalue weighted by Crippen LogP contribution is -1.85. The number of halogens is 1. The SMILES string of the molecule is Ic1ccc2c(c1)nc1cc(-c3ccccc3)ccn12. The fraction of sp³-hybridized carbons (Fsp3) is 0. The van der Waals surface area contributed by atoms with Gasteiger partial charge in [0, 0.05) is 9.77 Å². The molecule has 20 heavy (non-hydrogen) atoms. The first-order valence-electron chi connectivity index (χ1n) is 6.44. The van der Waals surface area contributed by atoms with Crippen LogP contribution in [0.4, 0.5) is 0 Å². The van der Waals surface area contributed by atoms with Gasteiger partial charge < -0.3 is 0 Å². The molecule has 0 aliphatic rings. The smallest absolute Gasteiger partial charge is 0.138 e. The number of rotatable bonds is 1. The van der Waals surface area contributed by atoms with Crippen LogP contribution in [0, 0.1) is 3.57 Å². The second kappa shape index (κ2) is 4.59. The first kappa shape index (κ1) is 11.9. The molecule has 0 saturated carbocycles. The number of pyridine rings is 1. The van der Waals surface area contributed by atoms with Crippen molar-refractivity contribution in [3.05, 3.63) is 70.4 Å². The Morgan fingerprint density at radius 1 is 0.850 bits per heavy atom. The summed E-state index contributed by atoms with van der Waals surface area (Å²) in [5, 5.41) is 0. The van der Waals surface area contributed by atoms with Crippen LogP contribution in [-0.4, -0.2) is 9.38 Å². The molecule has 96 valence electrons. The van der Waals surface area contributed by atoms with Crippen LogP contribution < -0.4 is 0 Å². The third-order valence-electron chi connectivity index (χ3n) is 3.47. The number of fused-ring (bicyclic) bond motifs is 3. The highest BCUT2D eigenvalue weighted by Crippen LogP contribution is 2.24. The normalized spacial score (nSPS) is 11.2. The Bertz CT molecular complexity index is 910. The van der Waals surface area contributed by atoms with E-state index in [2.05, 4.69) is 87.8 Å². The zero-order valence-corrected chi connectivity index (χ0v) is 12.8. The number of imidazole rings is 1. The Kier molecular flexibility index (Phi) is 2.73. The molecule has 2 heterocycles. The van der Waals surface area contributed by atoms with Gasteiger partial charge in [-0.3, -0.25) is 4.40 Å². The molecule has 0 bridgehead atoms. The van der Waals surface area contributed by atoms with E-state index in [-0.39, 0.29) is 0 Å². The molecule has 2 nitrogen and oxygen atoms in total. The Balaban J connectivity index is 1.98.